The molecule has 1 aromatic heterocycles. The molecule has 84 valence electrons. The zero-order valence-corrected chi connectivity index (χ0v) is 9.85. The molecule has 2 atom stereocenters. The first kappa shape index (κ1) is 11.1. The minimum absolute atomic E-state index is 0.470. The SMILES string of the molecule is CC(CN)C(C)c1cccc2ncccc12. The average molecular weight is 214 g/mol. The molecule has 2 heteroatoms. The van der Waals surface area contributed by atoms with Crippen molar-refractivity contribution in [1.82, 2.24) is 4.98 Å². The molecule has 0 saturated carbocycles. The van der Waals surface area contributed by atoms with Gasteiger partial charge in [0.1, 0.15) is 0 Å². The van der Waals surface area contributed by atoms with Crippen LogP contribution in [0.4, 0.5) is 0 Å². The van der Waals surface area contributed by atoms with Gasteiger partial charge >= 0.3 is 0 Å². The molecule has 2 nitrogen and oxygen atoms in total. The third-order valence-corrected chi connectivity index (χ3v) is 3.40. The van der Waals surface area contributed by atoms with E-state index in [1.165, 1.54) is 10.9 Å². The number of hydrogen-bond acceptors (Lipinski definition) is 2. The van der Waals surface area contributed by atoms with Crippen molar-refractivity contribution in [2.45, 2.75) is 19.8 Å². The number of hydrogen-bond donors (Lipinski definition) is 1. The van der Waals surface area contributed by atoms with E-state index in [4.69, 9.17) is 5.73 Å². The Balaban J connectivity index is 2.52. The monoisotopic (exact) mass is 214 g/mol. The topological polar surface area (TPSA) is 38.9 Å². The van der Waals surface area contributed by atoms with Crippen LogP contribution in [0.15, 0.2) is 36.5 Å². The van der Waals surface area contributed by atoms with Crippen LogP contribution in [-0.2, 0) is 0 Å². The predicted octanol–water partition coefficient (Wildman–Crippen LogP) is 2.93. The van der Waals surface area contributed by atoms with Gasteiger partial charge in [-0.2, -0.15) is 0 Å². The lowest BCUT2D eigenvalue weighted by molar-refractivity contribution is 0.501. The van der Waals surface area contributed by atoms with Crippen LogP contribution in [0.2, 0.25) is 0 Å². The van der Waals surface area contributed by atoms with Crippen molar-refractivity contribution in [3.8, 4) is 0 Å². The van der Waals surface area contributed by atoms with Gasteiger partial charge in [0.15, 0.2) is 0 Å². The van der Waals surface area contributed by atoms with Crippen molar-refractivity contribution in [3.05, 3.63) is 42.1 Å². The molecule has 2 N–H and O–H groups in total. The van der Waals surface area contributed by atoms with Crippen LogP contribution in [-0.4, -0.2) is 11.5 Å². The van der Waals surface area contributed by atoms with Crippen LogP contribution in [0.1, 0.15) is 25.3 Å². The molecule has 2 aromatic rings. The minimum Gasteiger partial charge on any atom is -0.330 e. The van der Waals surface area contributed by atoms with Crippen molar-refractivity contribution >= 4 is 10.9 Å². The standard InChI is InChI=1S/C14H18N2/c1-10(9-15)11(2)12-5-3-7-14-13(12)6-4-8-16-14/h3-8,10-11H,9,15H2,1-2H3. The summed E-state index contributed by atoms with van der Waals surface area (Å²) in [6.07, 6.45) is 1.84. The van der Waals surface area contributed by atoms with Gasteiger partial charge in [0, 0.05) is 11.6 Å². The number of nitrogens with two attached hydrogens (primary N) is 1. The van der Waals surface area contributed by atoms with E-state index < -0.39 is 0 Å². The first-order chi connectivity index (χ1) is 7.74. The van der Waals surface area contributed by atoms with E-state index in [-0.39, 0.29) is 0 Å². The third-order valence-electron chi connectivity index (χ3n) is 3.40. The molecule has 0 saturated heterocycles. The maximum atomic E-state index is 5.74. The van der Waals surface area contributed by atoms with Crippen LogP contribution in [0.3, 0.4) is 0 Å². The van der Waals surface area contributed by atoms with E-state index in [0.29, 0.717) is 11.8 Å². The summed E-state index contributed by atoms with van der Waals surface area (Å²) >= 11 is 0. The van der Waals surface area contributed by atoms with E-state index in [1.807, 2.05) is 12.3 Å². The summed E-state index contributed by atoms with van der Waals surface area (Å²) in [4.78, 5) is 4.38. The Hall–Kier alpha value is -1.41. The summed E-state index contributed by atoms with van der Waals surface area (Å²) < 4.78 is 0. The fourth-order valence-corrected chi connectivity index (χ4v) is 2.03. The van der Waals surface area contributed by atoms with Gasteiger partial charge in [-0.3, -0.25) is 4.98 Å². The molecule has 0 amide bonds. The van der Waals surface area contributed by atoms with Crippen molar-refractivity contribution in [2.24, 2.45) is 11.7 Å². The molecule has 0 aliphatic carbocycles. The van der Waals surface area contributed by atoms with Crippen molar-refractivity contribution in [2.75, 3.05) is 6.54 Å². The van der Waals surface area contributed by atoms with Gasteiger partial charge in [-0.05, 0) is 36.1 Å². The van der Waals surface area contributed by atoms with Gasteiger partial charge in [-0.25, -0.2) is 0 Å². The fraction of sp³-hybridized carbons (Fsp3) is 0.357. The zero-order chi connectivity index (χ0) is 11.5. The molecule has 0 aliphatic rings. The van der Waals surface area contributed by atoms with Gasteiger partial charge in [0.25, 0.3) is 0 Å². The second-order valence-corrected chi connectivity index (χ2v) is 4.42. The first-order valence-electron chi connectivity index (χ1n) is 5.77. The molecule has 0 fully saturated rings. The highest BCUT2D eigenvalue weighted by Crippen LogP contribution is 2.29. The number of aromatic nitrogens is 1. The molecule has 0 radical (unpaired) electrons. The number of nitrogens with zero attached hydrogens (tertiary/aromatic N) is 1. The summed E-state index contributed by atoms with van der Waals surface area (Å²) in [5.74, 6) is 0.962. The van der Waals surface area contributed by atoms with E-state index in [1.54, 1.807) is 0 Å². The van der Waals surface area contributed by atoms with Gasteiger partial charge in [-0.15, -0.1) is 0 Å². The number of fused-ring (bicyclic) bond motifs is 1. The van der Waals surface area contributed by atoms with E-state index in [2.05, 4.69) is 43.1 Å². The van der Waals surface area contributed by atoms with Crippen LogP contribution in [0.5, 0.6) is 0 Å². The lowest BCUT2D eigenvalue weighted by atomic mass is 9.87. The highest BCUT2D eigenvalue weighted by molar-refractivity contribution is 5.82. The second kappa shape index (κ2) is 4.62. The van der Waals surface area contributed by atoms with Crippen LogP contribution < -0.4 is 5.73 Å². The highest BCUT2D eigenvalue weighted by atomic mass is 14.6. The van der Waals surface area contributed by atoms with E-state index >= 15 is 0 Å². The minimum atomic E-state index is 0.470. The first-order valence-corrected chi connectivity index (χ1v) is 5.77. The fourth-order valence-electron chi connectivity index (χ4n) is 2.03. The Kier molecular flexibility index (Phi) is 3.20. The Labute approximate surface area is 96.5 Å². The maximum Gasteiger partial charge on any atom is 0.0704 e. The largest absolute Gasteiger partial charge is 0.330 e. The van der Waals surface area contributed by atoms with Crippen LogP contribution in [0.25, 0.3) is 10.9 Å². The Morgan fingerprint density at radius 2 is 2.00 bits per heavy atom. The molecule has 2 rings (SSSR count). The number of pyridine rings is 1. The molecule has 1 aromatic carbocycles. The Morgan fingerprint density at radius 3 is 2.75 bits per heavy atom. The molecular weight excluding hydrogens is 196 g/mol. The summed E-state index contributed by atoms with van der Waals surface area (Å²) in [5, 5.41) is 1.25. The second-order valence-electron chi connectivity index (χ2n) is 4.42. The lowest BCUT2D eigenvalue weighted by Gasteiger charge is -2.20. The highest BCUT2D eigenvalue weighted by Gasteiger charge is 2.15. The van der Waals surface area contributed by atoms with Gasteiger partial charge in [0.05, 0.1) is 5.52 Å². The van der Waals surface area contributed by atoms with Gasteiger partial charge < -0.3 is 5.73 Å². The molecule has 0 aliphatic heterocycles. The van der Waals surface area contributed by atoms with E-state index in [9.17, 15) is 0 Å². The molecular formula is C14H18N2. The quantitative estimate of drug-likeness (QED) is 0.853. The van der Waals surface area contributed by atoms with Crippen molar-refractivity contribution in [1.29, 1.82) is 0 Å². The summed E-state index contributed by atoms with van der Waals surface area (Å²) in [7, 11) is 0. The third kappa shape index (κ3) is 1.93. The normalized spacial score (nSPS) is 14.9. The molecule has 0 bridgehead atoms. The predicted molar refractivity (Wildman–Crippen MR) is 68.4 cm³/mol. The van der Waals surface area contributed by atoms with Crippen molar-refractivity contribution < 1.29 is 0 Å². The molecule has 0 spiro atoms. The summed E-state index contributed by atoms with van der Waals surface area (Å²) in [6, 6.07) is 10.4. The molecule has 16 heavy (non-hydrogen) atoms. The Bertz CT molecular complexity index is 474. The lowest BCUT2D eigenvalue weighted by Crippen LogP contribution is -2.17. The number of rotatable bonds is 3. The number of benzene rings is 1. The van der Waals surface area contributed by atoms with Gasteiger partial charge in [-0.1, -0.05) is 32.0 Å². The molecule has 2 unspecified atom stereocenters. The summed E-state index contributed by atoms with van der Waals surface area (Å²) in [6.45, 7) is 5.15. The van der Waals surface area contributed by atoms with Crippen LogP contribution >= 0.6 is 0 Å². The maximum absolute atomic E-state index is 5.74. The van der Waals surface area contributed by atoms with Crippen LogP contribution in [0, 0.1) is 5.92 Å². The van der Waals surface area contributed by atoms with E-state index in [0.717, 1.165) is 12.1 Å². The molecule has 1 heterocycles. The average Bonchev–Trinajstić information content (AvgIpc) is 2.36. The van der Waals surface area contributed by atoms with Gasteiger partial charge in [0.2, 0.25) is 0 Å². The zero-order valence-electron chi connectivity index (χ0n) is 9.85. The Morgan fingerprint density at radius 1 is 1.19 bits per heavy atom. The smallest absolute Gasteiger partial charge is 0.0704 e. The van der Waals surface area contributed by atoms with Crippen molar-refractivity contribution in [3.63, 3.8) is 0 Å². The summed E-state index contributed by atoms with van der Waals surface area (Å²) in [5.41, 5.74) is 8.16.